The molecule has 0 spiro atoms. The molecule has 120 valence electrons. The minimum atomic E-state index is -1.04. The number of amides is 2. The van der Waals surface area contributed by atoms with Crippen molar-refractivity contribution in [2.75, 3.05) is 19.6 Å². The van der Waals surface area contributed by atoms with Gasteiger partial charge < -0.3 is 14.9 Å². The van der Waals surface area contributed by atoms with E-state index in [2.05, 4.69) is 13.8 Å². The summed E-state index contributed by atoms with van der Waals surface area (Å²) in [5.74, 6) is -0.884. The van der Waals surface area contributed by atoms with Gasteiger partial charge in [-0.25, -0.2) is 9.59 Å². The summed E-state index contributed by atoms with van der Waals surface area (Å²) in [5, 5.41) is 9.54. The van der Waals surface area contributed by atoms with Gasteiger partial charge in [-0.15, -0.1) is 0 Å². The lowest BCUT2D eigenvalue weighted by atomic mass is 9.85. The first-order chi connectivity index (χ1) is 9.76. The molecule has 5 nitrogen and oxygen atoms in total. The van der Waals surface area contributed by atoms with Crippen LogP contribution in [0.3, 0.4) is 0 Å². The summed E-state index contributed by atoms with van der Waals surface area (Å²) in [6, 6.07) is -0.0858. The Bertz CT molecular complexity index is 422. The van der Waals surface area contributed by atoms with Crippen molar-refractivity contribution in [1.82, 2.24) is 9.80 Å². The largest absolute Gasteiger partial charge is 0.480 e. The van der Waals surface area contributed by atoms with E-state index in [-0.39, 0.29) is 11.4 Å². The topological polar surface area (TPSA) is 60.9 Å². The summed E-state index contributed by atoms with van der Waals surface area (Å²) in [4.78, 5) is 27.9. The number of piperidine rings is 1. The van der Waals surface area contributed by atoms with Gasteiger partial charge in [-0.1, -0.05) is 13.8 Å². The second-order valence-corrected chi connectivity index (χ2v) is 7.48. The Morgan fingerprint density at radius 3 is 2.29 bits per heavy atom. The summed E-state index contributed by atoms with van der Waals surface area (Å²) in [6.45, 7) is 8.20. The molecule has 0 bridgehead atoms. The standard InChI is InChI=1S/C16H28N2O3/c1-15(2)7-6-10-17(12-9-15)14(21)18-11-5-4-8-16(18,3)13(19)20/h4-12H2,1-3H3,(H,19,20). The molecule has 1 unspecified atom stereocenters. The Hall–Kier alpha value is -1.26. The van der Waals surface area contributed by atoms with Crippen LogP contribution < -0.4 is 0 Å². The van der Waals surface area contributed by atoms with Gasteiger partial charge in [0.15, 0.2) is 0 Å². The van der Waals surface area contributed by atoms with Crippen molar-refractivity contribution in [3.63, 3.8) is 0 Å². The maximum Gasteiger partial charge on any atom is 0.329 e. The average molecular weight is 296 g/mol. The summed E-state index contributed by atoms with van der Waals surface area (Å²) in [5.41, 5.74) is -0.774. The van der Waals surface area contributed by atoms with E-state index in [1.807, 2.05) is 4.90 Å². The Labute approximate surface area is 127 Å². The number of likely N-dealkylation sites (tertiary alicyclic amines) is 2. The van der Waals surface area contributed by atoms with Gasteiger partial charge in [0.05, 0.1) is 0 Å². The van der Waals surface area contributed by atoms with Crippen molar-refractivity contribution >= 4 is 12.0 Å². The van der Waals surface area contributed by atoms with Crippen LogP contribution in [0.5, 0.6) is 0 Å². The van der Waals surface area contributed by atoms with Crippen LogP contribution in [0.2, 0.25) is 0 Å². The fraction of sp³-hybridized carbons (Fsp3) is 0.875. The van der Waals surface area contributed by atoms with Gasteiger partial charge in [-0.2, -0.15) is 0 Å². The van der Waals surface area contributed by atoms with Crippen LogP contribution in [-0.2, 0) is 4.79 Å². The molecule has 2 rings (SSSR count). The monoisotopic (exact) mass is 296 g/mol. The van der Waals surface area contributed by atoms with Crippen molar-refractivity contribution in [2.45, 2.75) is 64.8 Å². The lowest BCUT2D eigenvalue weighted by molar-refractivity contribution is -0.150. The number of carboxylic acids is 1. The first-order valence-electron chi connectivity index (χ1n) is 8.06. The highest BCUT2D eigenvalue weighted by atomic mass is 16.4. The number of aliphatic carboxylic acids is 1. The molecule has 2 aliphatic heterocycles. The Balaban J connectivity index is 2.12. The van der Waals surface area contributed by atoms with E-state index < -0.39 is 11.5 Å². The number of rotatable bonds is 1. The highest BCUT2D eigenvalue weighted by Gasteiger charge is 2.45. The smallest absolute Gasteiger partial charge is 0.329 e. The van der Waals surface area contributed by atoms with Gasteiger partial charge in [0.1, 0.15) is 5.54 Å². The van der Waals surface area contributed by atoms with E-state index in [0.717, 1.165) is 45.2 Å². The van der Waals surface area contributed by atoms with Gasteiger partial charge in [-0.05, 0) is 50.9 Å². The quantitative estimate of drug-likeness (QED) is 0.809. The minimum Gasteiger partial charge on any atom is -0.480 e. The summed E-state index contributed by atoms with van der Waals surface area (Å²) in [7, 11) is 0. The lowest BCUT2D eigenvalue weighted by Gasteiger charge is -2.43. The number of urea groups is 1. The first-order valence-corrected chi connectivity index (χ1v) is 8.06. The van der Waals surface area contributed by atoms with Crippen LogP contribution >= 0.6 is 0 Å². The van der Waals surface area contributed by atoms with E-state index in [0.29, 0.717) is 13.0 Å². The van der Waals surface area contributed by atoms with Crippen LogP contribution in [0.15, 0.2) is 0 Å². The van der Waals surface area contributed by atoms with Gasteiger partial charge >= 0.3 is 12.0 Å². The molecule has 1 N–H and O–H groups in total. The molecule has 2 saturated heterocycles. The second kappa shape index (κ2) is 5.85. The maximum atomic E-state index is 12.8. The molecule has 1 atom stereocenters. The minimum absolute atomic E-state index is 0.0858. The molecule has 0 aromatic heterocycles. The molecule has 0 aromatic carbocycles. The van der Waals surface area contributed by atoms with Gasteiger partial charge in [0, 0.05) is 19.6 Å². The highest BCUT2D eigenvalue weighted by Crippen LogP contribution is 2.33. The zero-order valence-electron chi connectivity index (χ0n) is 13.5. The number of hydrogen-bond donors (Lipinski definition) is 1. The van der Waals surface area contributed by atoms with Crippen molar-refractivity contribution in [1.29, 1.82) is 0 Å². The van der Waals surface area contributed by atoms with Gasteiger partial charge in [-0.3, -0.25) is 0 Å². The Morgan fingerprint density at radius 2 is 1.62 bits per heavy atom. The molecule has 21 heavy (non-hydrogen) atoms. The second-order valence-electron chi connectivity index (χ2n) is 7.48. The van der Waals surface area contributed by atoms with E-state index in [1.165, 1.54) is 0 Å². The van der Waals surface area contributed by atoms with Crippen molar-refractivity contribution in [3.8, 4) is 0 Å². The fourth-order valence-electron chi connectivity index (χ4n) is 3.43. The molecule has 0 aliphatic carbocycles. The molecule has 2 aliphatic rings. The number of carboxylic acid groups (broad SMARTS) is 1. The third kappa shape index (κ3) is 3.33. The molecule has 5 heteroatoms. The third-order valence-electron chi connectivity index (χ3n) is 5.19. The Morgan fingerprint density at radius 1 is 0.905 bits per heavy atom. The number of hydrogen-bond acceptors (Lipinski definition) is 2. The fourth-order valence-corrected chi connectivity index (χ4v) is 3.43. The molecule has 0 radical (unpaired) electrons. The lowest BCUT2D eigenvalue weighted by Crippen LogP contribution is -2.60. The van der Waals surface area contributed by atoms with Crippen LogP contribution in [0.4, 0.5) is 4.79 Å². The van der Waals surface area contributed by atoms with E-state index in [9.17, 15) is 14.7 Å². The van der Waals surface area contributed by atoms with Gasteiger partial charge in [0.2, 0.25) is 0 Å². The summed E-state index contributed by atoms with van der Waals surface area (Å²) >= 11 is 0. The highest BCUT2D eigenvalue weighted by molar-refractivity contribution is 5.86. The SMILES string of the molecule is CC1(C)CCCN(C(=O)N2CCCCC2(C)C(=O)O)CC1. The van der Waals surface area contributed by atoms with Crippen LogP contribution in [0.25, 0.3) is 0 Å². The van der Waals surface area contributed by atoms with E-state index >= 15 is 0 Å². The molecule has 2 heterocycles. The number of nitrogens with zero attached hydrogens (tertiary/aromatic N) is 2. The molecule has 2 fully saturated rings. The van der Waals surface area contributed by atoms with Crippen LogP contribution in [-0.4, -0.2) is 52.1 Å². The van der Waals surface area contributed by atoms with Crippen molar-refractivity contribution < 1.29 is 14.7 Å². The zero-order chi connectivity index (χ0) is 15.7. The first kappa shape index (κ1) is 16.1. The van der Waals surface area contributed by atoms with Crippen LogP contribution in [0.1, 0.15) is 59.3 Å². The molecule has 0 saturated carbocycles. The molecular weight excluding hydrogens is 268 g/mol. The Kier molecular flexibility index (Phi) is 4.49. The molecular formula is C16H28N2O3. The van der Waals surface area contributed by atoms with E-state index in [4.69, 9.17) is 0 Å². The summed E-state index contributed by atoms with van der Waals surface area (Å²) in [6.07, 6.45) is 5.42. The summed E-state index contributed by atoms with van der Waals surface area (Å²) < 4.78 is 0. The predicted octanol–water partition coefficient (Wildman–Crippen LogP) is 2.95. The normalized spacial score (nSPS) is 29.9. The van der Waals surface area contributed by atoms with Crippen molar-refractivity contribution in [2.24, 2.45) is 5.41 Å². The number of carbonyl (C=O) groups excluding carboxylic acids is 1. The predicted molar refractivity (Wildman–Crippen MR) is 81.2 cm³/mol. The zero-order valence-corrected chi connectivity index (χ0v) is 13.5. The van der Waals surface area contributed by atoms with Gasteiger partial charge in [0.25, 0.3) is 0 Å². The molecule has 0 aromatic rings. The number of carbonyl (C=O) groups is 2. The van der Waals surface area contributed by atoms with Crippen molar-refractivity contribution in [3.05, 3.63) is 0 Å². The third-order valence-corrected chi connectivity index (χ3v) is 5.19. The van der Waals surface area contributed by atoms with Crippen LogP contribution in [0, 0.1) is 5.41 Å². The maximum absolute atomic E-state index is 12.8. The van der Waals surface area contributed by atoms with E-state index in [1.54, 1.807) is 11.8 Å². The molecule has 2 amide bonds. The average Bonchev–Trinajstić information content (AvgIpc) is 2.59.